The highest BCUT2D eigenvalue weighted by atomic mass is 35.5. The van der Waals surface area contributed by atoms with Gasteiger partial charge in [-0.25, -0.2) is 4.99 Å². The summed E-state index contributed by atoms with van der Waals surface area (Å²) in [5, 5.41) is 11.4. The van der Waals surface area contributed by atoms with Crippen molar-refractivity contribution in [3.8, 4) is 0 Å². The number of benzene rings is 2. The molecule has 2 N–H and O–H groups in total. The van der Waals surface area contributed by atoms with Crippen molar-refractivity contribution in [2.45, 2.75) is 18.3 Å². The number of halogens is 4. The van der Waals surface area contributed by atoms with Gasteiger partial charge in [0.15, 0.2) is 0 Å². The van der Waals surface area contributed by atoms with E-state index in [1.54, 1.807) is 42.6 Å². The van der Waals surface area contributed by atoms with E-state index >= 15 is 0 Å². The molecule has 1 atom stereocenters. The topological polar surface area (TPSA) is 68.7 Å². The fourth-order valence-electron chi connectivity index (χ4n) is 3.34. The molecular weight excluding hydrogens is 407 g/mol. The van der Waals surface area contributed by atoms with Crippen LogP contribution in [-0.2, 0) is 11.2 Å². The molecule has 2 heterocycles. The zero-order valence-electron chi connectivity index (χ0n) is 14.9. The highest BCUT2D eigenvalue weighted by Gasteiger charge is 2.65. The number of amides is 1. The lowest BCUT2D eigenvalue weighted by Crippen LogP contribution is -2.52. The summed E-state index contributed by atoms with van der Waals surface area (Å²) in [4.78, 5) is 19.9. The maximum atomic E-state index is 13.4. The van der Waals surface area contributed by atoms with Crippen molar-refractivity contribution in [1.82, 2.24) is 9.88 Å². The highest BCUT2D eigenvalue weighted by molar-refractivity contribution is 6.31. The molecule has 0 fully saturated rings. The van der Waals surface area contributed by atoms with Crippen LogP contribution in [0.4, 0.5) is 13.2 Å². The Bertz CT molecular complexity index is 1110. The normalized spacial score (nSPS) is 19.8. The fourth-order valence-corrected chi connectivity index (χ4v) is 3.51. The van der Waals surface area contributed by atoms with E-state index in [1.807, 2.05) is 0 Å². The Morgan fingerprint density at radius 1 is 1.17 bits per heavy atom. The third-order valence-corrected chi connectivity index (χ3v) is 5.06. The minimum absolute atomic E-state index is 0.0928. The van der Waals surface area contributed by atoms with Crippen LogP contribution in [0.2, 0.25) is 5.02 Å². The van der Waals surface area contributed by atoms with Gasteiger partial charge in [0, 0.05) is 34.2 Å². The Kier molecular flexibility index (Phi) is 4.63. The summed E-state index contributed by atoms with van der Waals surface area (Å²) in [6, 6.07) is 13.3. The van der Waals surface area contributed by atoms with Crippen LogP contribution in [-0.4, -0.2) is 45.2 Å². The van der Waals surface area contributed by atoms with Crippen molar-refractivity contribution >= 4 is 34.2 Å². The van der Waals surface area contributed by atoms with Crippen LogP contribution in [0.1, 0.15) is 11.1 Å². The molecule has 0 saturated heterocycles. The van der Waals surface area contributed by atoms with E-state index in [0.29, 0.717) is 10.6 Å². The molecule has 4 rings (SSSR count). The van der Waals surface area contributed by atoms with E-state index < -0.39 is 17.8 Å². The van der Waals surface area contributed by atoms with Gasteiger partial charge in [-0.3, -0.25) is 9.69 Å². The zero-order valence-corrected chi connectivity index (χ0v) is 15.6. The second-order valence-electron chi connectivity index (χ2n) is 6.68. The van der Waals surface area contributed by atoms with Crippen LogP contribution in [0.25, 0.3) is 10.9 Å². The Labute approximate surface area is 168 Å². The molecule has 5 nitrogen and oxygen atoms in total. The van der Waals surface area contributed by atoms with Crippen LogP contribution in [0.5, 0.6) is 0 Å². The average Bonchev–Trinajstić information content (AvgIpc) is 3.20. The van der Waals surface area contributed by atoms with Crippen LogP contribution < -0.4 is 0 Å². The number of carbonyl (C=O) groups excluding carboxylic acids is 1. The molecule has 150 valence electrons. The van der Waals surface area contributed by atoms with Gasteiger partial charge < -0.3 is 10.1 Å². The lowest BCUT2D eigenvalue weighted by molar-refractivity contribution is -0.248. The van der Waals surface area contributed by atoms with Gasteiger partial charge in [0.2, 0.25) is 0 Å². The lowest BCUT2D eigenvalue weighted by atomic mass is 10.1. The zero-order chi connectivity index (χ0) is 20.8. The summed E-state index contributed by atoms with van der Waals surface area (Å²) in [6.07, 6.45) is -3.27. The number of fused-ring (bicyclic) bond motifs is 1. The highest BCUT2D eigenvalue weighted by Crippen LogP contribution is 2.38. The van der Waals surface area contributed by atoms with Crippen molar-refractivity contribution < 1.29 is 23.1 Å². The maximum Gasteiger partial charge on any atom is 0.448 e. The van der Waals surface area contributed by atoms with Gasteiger partial charge in [-0.15, -0.1) is 0 Å². The minimum atomic E-state index is -5.23. The molecule has 3 aromatic rings. The van der Waals surface area contributed by atoms with Gasteiger partial charge in [-0.1, -0.05) is 41.9 Å². The van der Waals surface area contributed by atoms with Crippen molar-refractivity contribution in [3.63, 3.8) is 0 Å². The summed E-state index contributed by atoms with van der Waals surface area (Å²) in [6.45, 7) is -0.0928. The smallest absolute Gasteiger partial charge is 0.361 e. The van der Waals surface area contributed by atoms with Gasteiger partial charge in [0.1, 0.15) is 5.84 Å². The first-order chi connectivity index (χ1) is 13.7. The largest absolute Gasteiger partial charge is 0.448 e. The summed E-state index contributed by atoms with van der Waals surface area (Å²) in [5.41, 5.74) is -1.88. The molecule has 1 aliphatic rings. The molecule has 1 amide bonds. The van der Waals surface area contributed by atoms with Crippen molar-refractivity contribution in [2.75, 3.05) is 6.54 Å². The minimum Gasteiger partial charge on any atom is -0.361 e. The quantitative estimate of drug-likeness (QED) is 0.670. The number of alkyl halides is 3. The van der Waals surface area contributed by atoms with E-state index in [4.69, 9.17) is 11.6 Å². The predicted octanol–water partition coefficient (Wildman–Crippen LogP) is 3.90. The molecule has 0 spiro atoms. The monoisotopic (exact) mass is 421 g/mol. The van der Waals surface area contributed by atoms with Crippen molar-refractivity contribution in [1.29, 1.82) is 0 Å². The number of rotatable bonds is 4. The third kappa shape index (κ3) is 3.28. The lowest BCUT2D eigenvalue weighted by Gasteiger charge is -2.23. The molecule has 0 bridgehead atoms. The molecule has 1 unspecified atom stereocenters. The molecular formula is C20H15ClF3N3O2. The fraction of sp³-hybridized carbons (Fsp3) is 0.200. The Morgan fingerprint density at radius 3 is 2.59 bits per heavy atom. The third-order valence-electron chi connectivity index (χ3n) is 4.83. The molecule has 1 aromatic heterocycles. The van der Waals surface area contributed by atoms with E-state index in [9.17, 15) is 23.1 Å². The first kappa shape index (κ1) is 19.5. The average molecular weight is 422 g/mol. The van der Waals surface area contributed by atoms with Gasteiger partial charge >= 0.3 is 11.9 Å². The molecule has 2 aromatic carbocycles. The number of aliphatic imine (C=N–C) groups is 1. The number of aliphatic hydroxyl groups is 1. The molecule has 9 heteroatoms. The van der Waals surface area contributed by atoms with E-state index in [1.165, 1.54) is 12.1 Å². The van der Waals surface area contributed by atoms with E-state index in [0.717, 1.165) is 21.4 Å². The number of nitrogens with zero attached hydrogens (tertiary/aromatic N) is 2. The second-order valence-corrected chi connectivity index (χ2v) is 7.12. The van der Waals surface area contributed by atoms with E-state index in [-0.39, 0.29) is 18.8 Å². The Balaban J connectivity index is 1.68. The van der Waals surface area contributed by atoms with Crippen molar-refractivity contribution in [3.05, 3.63) is 70.9 Å². The predicted molar refractivity (Wildman–Crippen MR) is 103 cm³/mol. The number of carbonyl (C=O) groups is 1. The van der Waals surface area contributed by atoms with Gasteiger partial charge in [0.25, 0.3) is 5.91 Å². The van der Waals surface area contributed by atoms with Crippen LogP contribution in [0, 0.1) is 0 Å². The first-order valence-corrected chi connectivity index (χ1v) is 9.10. The maximum absolute atomic E-state index is 13.4. The number of aromatic amines is 1. The summed E-state index contributed by atoms with van der Waals surface area (Å²) in [5.74, 6) is -1.73. The summed E-state index contributed by atoms with van der Waals surface area (Å²) < 4.78 is 40.2. The molecule has 0 saturated carbocycles. The van der Waals surface area contributed by atoms with Gasteiger partial charge in [0.05, 0.1) is 0 Å². The molecule has 0 aliphatic carbocycles. The van der Waals surface area contributed by atoms with Crippen LogP contribution >= 0.6 is 11.6 Å². The van der Waals surface area contributed by atoms with Crippen LogP contribution in [0.15, 0.2) is 59.7 Å². The Morgan fingerprint density at radius 2 is 1.90 bits per heavy atom. The number of aromatic nitrogens is 1. The number of hydrogen-bond donors (Lipinski definition) is 2. The van der Waals surface area contributed by atoms with Gasteiger partial charge in [-0.05, 0) is 30.2 Å². The van der Waals surface area contributed by atoms with Gasteiger partial charge in [-0.2, -0.15) is 13.2 Å². The summed E-state index contributed by atoms with van der Waals surface area (Å²) >= 11 is 6.03. The molecule has 29 heavy (non-hydrogen) atoms. The van der Waals surface area contributed by atoms with Crippen LogP contribution in [0.3, 0.4) is 0 Å². The number of H-pyrrole nitrogens is 1. The molecule has 0 radical (unpaired) electrons. The van der Waals surface area contributed by atoms with E-state index in [2.05, 4.69) is 9.98 Å². The number of nitrogens with one attached hydrogen (secondary N) is 1. The summed E-state index contributed by atoms with van der Waals surface area (Å²) in [7, 11) is 0. The number of amidine groups is 1. The Hall–Kier alpha value is -2.84. The second kappa shape index (κ2) is 6.89. The number of hydrogen-bond acceptors (Lipinski definition) is 3. The van der Waals surface area contributed by atoms with Crippen molar-refractivity contribution in [2.24, 2.45) is 4.99 Å². The first-order valence-electron chi connectivity index (χ1n) is 8.72. The molecule has 1 aliphatic heterocycles. The standard InChI is InChI=1S/C20H15ClF3N3O2/c21-14-6-7-16-15(10-14)13(11-25-16)8-9-27-17(12-4-2-1-3-5-12)26-19(29,18(27)28)20(22,23)24/h1-7,10-11,25,29H,8-9H2. The SMILES string of the molecule is O=C1N(CCc2c[nH]c3ccc(Cl)cc23)C(c2ccccc2)=NC1(O)C(F)(F)F.